The molecule has 0 unspecified atom stereocenters. The van der Waals surface area contributed by atoms with Gasteiger partial charge in [0, 0.05) is 11.1 Å². The molecule has 35 heavy (non-hydrogen) atoms. The Hall–Kier alpha value is -4.72. The average Bonchev–Trinajstić information content (AvgIpc) is 2.89. The lowest BCUT2D eigenvalue weighted by atomic mass is 10.0. The van der Waals surface area contributed by atoms with Gasteiger partial charge in [-0.2, -0.15) is 0 Å². The van der Waals surface area contributed by atoms with Gasteiger partial charge >= 0.3 is 11.9 Å². The SMILES string of the molecule is COC(=O)c1ccccc1NC(=O)COC(=O)c1cccc2c(=O)c(C)c(-c3ccccc3)oc12. The number of methoxy groups -OCH3 is 1. The van der Waals surface area contributed by atoms with Crippen molar-refractivity contribution in [3.8, 4) is 11.3 Å². The first-order valence-corrected chi connectivity index (χ1v) is 10.7. The van der Waals surface area contributed by atoms with Crippen molar-refractivity contribution in [1.29, 1.82) is 0 Å². The second-order valence-corrected chi connectivity index (χ2v) is 7.60. The first kappa shape index (κ1) is 23.4. The summed E-state index contributed by atoms with van der Waals surface area (Å²) in [5.41, 5.74) is 1.31. The zero-order valence-corrected chi connectivity index (χ0v) is 19.0. The van der Waals surface area contributed by atoms with Crippen LogP contribution in [0.3, 0.4) is 0 Å². The molecule has 1 aromatic heterocycles. The molecule has 4 aromatic rings. The van der Waals surface area contributed by atoms with Gasteiger partial charge in [0.1, 0.15) is 11.3 Å². The lowest BCUT2D eigenvalue weighted by molar-refractivity contribution is -0.119. The van der Waals surface area contributed by atoms with Crippen molar-refractivity contribution in [1.82, 2.24) is 0 Å². The first-order chi connectivity index (χ1) is 16.9. The molecule has 0 radical (unpaired) electrons. The Balaban J connectivity index is 1.58. The predicted octanol–water partition coefficient (Wildman–Crippen LogP) is 4.35. The molecule has 0 fully saturated rings. The third kappa shape index (κ3) is 4.81. The van der Waals surface area contributed by atoms with E-state index in [-0.39, 0.29) is 33.2 Å². The molecule has 1 amide bonds. The average molecular weight is 471 g/mol. The molecule has 4 rings (SSSR count). The van der Waals surface area contributed by atoms with Crippen LogP contribution >= 0.6 is 0 Å². The molecule has 0 bridgehead atoms. The maximum absolute atomic E-state index is 13.0. The fourth-order valence-corrected chi connectivity index (χ4v) is 3.61. The molecular formula is C27H21NO7. The molecule has 0 atom stereocenters. The number of amides is 1. The maximum atomic E-state index is 13.0. The van der Waals surface area contributed by atoms with Gasteiger partial charge in [-0.1, -0.05) is 48.5 Å². The number of nitrogens with one attached hydrogen (secondary N) is 1. The summed E-state index contributed by atoms with van der Waals surface area (Å²) in [6.45, 7) is 1.04. The van der Waals surface area contributed by atoms with Crippen molar-refractivity contribution in [2.45, 2.75) is 6.92 Å². The molecule has 8 nitrogen and oxygen atoms in total. The predicted molar refractivity (Wildman–Crippen MR) is 129 cm³/mol. The number of ether oxygens (including phenoxy) is 2. The number of para-hydroxylation sites is 2. The van der Waals surface area contributed by atoms with E-state index in [2.05, 4.69) is 5.32 Å². The largest absolute Gasteiger partial charge is 0.465 e. The molecule has 0 aliphatic rings. The van der Waals surface area contributed by atoms with Crippen LogP contribution in [0.5, 0.6) is 0 Å². The van der Waals surface area contributed by atoms with E-state index in [1.807, 2.05) is 18.2 Å². The van der Waals surface area contributed by atoms with Gasteiger partial charge in [-0.05, 0) is 31.2 Å². The van der Waals surface area contributed by atoms with Crippen molar-refractivity contribution < 1.29 is 28.3 Å². The van der Waals surface area contributed by atoms with Crippen LogP contribution in [0.1, 0.15) is 26.3 Å². The van der Waals surface area contributed by atoms with Gasteiger partial charge in [0.15, 0.2) is 17.6 Å². The van der Waals surface area contributed by atoms with Crippen LogP contribution in [0.15, 0.2) is 82.0 Å². The number of carbonyl (C=O) groups is 3. The summed E-state index contributed by atoms with van der Waals surface area (Å²) in [4.78, 5) is 50.1. The number of anilines is 1. The molecule has 3 aromatic carbocycles. The second kappa shape index (κ2) is 10.0. The van der Waals surface area contributed by atoms with Crippen LogP contribution in [0.25, 0.3) is 22.3 Å². The van der Waals surface area contributed by atoms with E-state index in [9.17, 15) is 19.2 Å². The monoisotopic (exact) mass is 471 g/mol. The standard InChI is InChI=1S/C27H21NO7/c1-16-23(30)19-12-8-13-20(25(19)35-24(16)17-9-4-3-5-10-17)27(32)34-15-22(29)28-21-14-7-6-11-18(21)26(31)33-2/h3-14H,15H2,1-2H3,(H,28,29). The van der Waals surface area contributed by atoms with E-state index in [1.165, 1.54) is 25.3 Å². The van der Waals surface area contributed by atoms with Gasteiger partial charge < -0.3 is 19.2 Å². The van der Waals surface area contributed by atoms with E-state index in [0.717, 1.165) is 0 Å². The normalized spacial score (nSPS) is 10.6. The Morgan fingerprint density at radius 1 is 0.857 bits per heavy atom. The van der Waals surface area contributed by atoms with Gasteiger partial charge in [-0.25, -0.2) is 9.59 Å². The van der Waals surface area contributed by atoms with Gasteiger partial charge in [0.25, 0.3) is 5.91 Å². The number of benzene rings is 3. The highest BCUT2D eigenvalue weighted by Gasteiger charge is 2.20. The van der Waals surface area contributed by atoms with Crippen molar-refractivity contribution in [3.05, 3.63) is 99.7 Å². The molecule has 1 N–H and O–H groups in total. The zero-order valence-electron chi connectivity index (χ0n) is 19.0. The zero-order chi connectivity index (χ0) is 24.9. The number of esters is 2. The van der Waals surface area contributed by atoms with Crippen molar-refractivity contribution in [2.75, 3.05) is 19.0 Å². The molecule has 0 aliphatic heterocycles. The van der Waals surface area contributed by atoms with Crippen LogP contribution in [0, 0.1) is 6.92 Å². The number of hydrogen-bond acceptors (Lipinski definition) is 7. The third-order valence-corrected chi connectivity index (χ3v) is 5.34. The highest BCUT2D eigenvalue weighted by atomic mass is 16.5. The Bertz CT molecular complexity index is 1490. The molecule has 0 saturated heterocycles. The van der Waals surface area contributed by atoms with Gasteiger partial charge in [-0.3, -0.25) is 9.59 Å². The number of rotatable bonds is 6. The van der Waals surface area contributed by atoms with E-state index in [0.29, 0.717) is 16.9 Å². The summed E-state index contributed by atoms with van der Waals surface area (Å²) >= 11 is 0. The maximum Gasteiger partial charge on any atom is 0.342 e. The van der Waals surface area contributed by atoms with Crippen molar-refractivity contribution >= 4 is 34.5 Å². The summed E-state index contributed by atoms with van der Waals surface area (Å²) in [5.74, 6) is -1.76. The second-order valence-electron chi connectivity index (χ2n) is 7.60. The quantitative estimate of drug-likeness (QED) is 0.416. The summed E-state index contributed by atoms with van der Waals surface area (Å²) < 4.78 is 15.9. The molecule has 176 valence electrons. The van der Waals surface area contributed by atoms with Crippen LogP contribution < -0.4 is 10.7 Å². The van der Waals surface area contributed by atoms with Gasteiger partial charge in [-0.15, -0.1) is 0 Å². The number of fused-ring (bicyclic) bond motifs is 1. The minimum absolute atomic E-state index is 0.0135. The number of hydrogen-bond donors (Lipinski definition) is 1. The van der Waals surface area contributed by atoms with Crippen LogP contribution in [0.4, 0.5) is 5.69 Å². The lowest BCUT2D eigenvalue weighted by Gasteiger charge is -2.11. The fourth-order valence-electron chi connectivity index (χ4n) is 3.61. The fraction of sp³-hybridized carbons (Fsp3) is 0.111. The molecular weight excluding hydrogens is 450 g/mol. The first-order valence-electron chi connectivity index (χ1n) is 10.7. The minimum atomic E-state index is -0.835. The molecule has 1 heterocycles. The summed E-state index contributed by atoms with van der Waals surface area (Å²) in [6.07, 6.45) is 0. The smallest absolute Gasteiger partial charge is 0.342 e. The number of carbonyl (C=O) groups excluding carboxylic acids is 3. The topological polar surface area (TPSA) is 112 Å². The summed E-state index contributed by atoms with van der Waals surface area (Å²) in [7, 11) is 1.23. The van der Waals surface area contributed by atoms with E-state index >= 15 is 0 Å². The summed E-state index contributed by atoms with van der Waals surface area (Å²) in [6, 6.07) is 19.9. The Kier molecular flexibility index (Phi) is 6.73. The highest BCUT2D eigenvalue weighted by molar-refractivity contribution is 6.04. The van der Waals surface area contributed by atoms with E-state index < -0.39 is 24.5 Å². The van der Waals surface area contributed by atoms with Crippen molar-refractivity contribution in [3.63, 3.8) is 0 Å². The van der Waals surface area contributed by atoms with Crippen LogP contribution in [-0.2, 0) is 14.3 Å². The van der Waals surface area contributed by atoms with Gasteiger partial charge in [0.05, 0.1) is 23.7 Å². The van der Waals surface area contributed by atoms with Gasteiger partial charge in [0.2, 0.25) is 0 Å². The van der Waals surface area contributed by atoms with E-state index in [1.54, 1.807) is 43.3 Å². The molecule has 0 spiro atoms. The third-order valence-electron chi connectivity index (χ3n) is 5.34. The Labute approximate surface area is 200 Å². The van der Waals surface area contributed by atoms with Crippen LogP contribution in [0.2, 0.25) is 0 Å². The van der Waals surface area contributed by atoms with Crippen molar-refractivity contribution in [2.24, 2.45) is 0 Å². The molecule has 0 saturated carbocycles. The van der Waals surface area contributed by atoms with E-state index in [4.69, 9.17) is 13.9 Å². The Morgan fingerprint density at radius 3 is 2.29 bits per heavy atom. The molecule has 8 heteroatoms. The Morgan fingerprint density at radius 2 is 1.54 bits per heavy atom. The van der Waals surface area contributed by atoms with Crippen LogP contribution in [-0.4, -0.2) is 31.6 Å². The minimum Gasteiger partial charge on any atom is -0.465 e. The summed E-state index contributed by atoms with van der Waals surface area (Å²) in [5, 5.41) is 2.76. The molecule has 0 aliphatic carbocycles. The lowest BCUT2D eigenvalue weighted by Crippen LogP contribution is -2.22. The highest BCUT2D eigenvalue weighted by Crippen LogP contribution is 2.27.